The van der Waals surface area contributed by atoms with E-state index in [1.807, 2.05) is 13.8 Å². The van der Waals surface area contributed by atoms with Crippen molar-refractivity contribution in [3.8, 4) is 0 Å². The second-order valence-corrected chi connectivity index (χ2v) is 31.0. The number of rotatable bonds is 11. The summed E-state index contributed by atoms with van der Waals surface area (Å²) in [6.07, 6.45) is 5.80. The monoisotopic (exact) mass is 1400 g/mol. The highest BCUT2D eigenvalue weighted by Gasteiger charge is 2.52. The number of amides is 12. The summed E-state index contributed by atoms with van der Waals surface area (Å²) in [6, 6.07) is -8.51. The Balaban J connectivity index is 1.25. The third-order valence-corrected chi connectivity index (χ3v) is 22.6. The van der Waals surface area contributed by atoms with E-state index in [2.05, 4.69) is 16.0 Å². The minimum atomic E-state index is -4.51. The summed E-state index contributed by atoms with van der Waals surface area (Å²) in [5.41, 5.74) is -1.56. The van der Waals surface area contributed by atoms with Crippen LogP contribution in [0.3, 0.4) is 0 Å². The second-order valence-electron chi connectivity index (χ2n) is 30.5. The third-order valence-electron chi connectivity index (χ3n) is 22.1. The molecule has 4 saturated carbocycles. The van der Waals surface area contributed by atoms with E-state index in [-0.39, 0.29) is 101 Å². The Bertz CT molecular complexity index is 2870. The van der Waals surface area contributed by atoms with Crippen LogP contribution in [0, 0.1) is 35.5 Å². The maximum absolute atomic E-state index is 15.4. The van der Waals surface area contributed by atoms with Crippen LogP contribution in [0.15, 0.2) is 0 Å². The quantitative estimate of drug-likeness (QED) is 0.222. The molecule has 7 rings (SSSR count). The molecule has 3 N–H and O–H groups in total. The molecule has 3 saturated heterocycles. The number of halogens is 4. The van der Waals surface area contributed by atoms with Gasteiger partial charge in [0.15, 0.2) is 0 Å². The average Bonchev–Trinajstić information content (AvgIpc) is 1.57. The first-order valence-electron chi connectivity index (χ1n) is 36.1. The van der Waals surface area contributed by atoms with E-state index >= 15 is 19.2 Å². The van der Waals surface area contributed by atoms with E-state index in [1.165, 1.54) is 78.7 Å². The fourth-order valence-electron chi connectivity index (χ4n) is 15.9. The van der Waals surface area contributed by atoms with E-state index < -0.39 is 168 Å². The van der Waals surface area contributed by atoms with Crippen LogP contribution < -0.4 is 16.0 Å². The Labute approximate surface area is 582 Å². The molecule has 1 spiro atoms. The normalized spacial score (nSPS) is 29.8. The lowest BCUT2D eigenvalue weighted by atomic mass is 9.78. The van der Waals surface area contributed by atoms with Gasteiger partial charge in [-0.3, -0.25) is 57.5 Å². The summed E-state index contributed by atoms with van der Waals surface area (Å²) < 4.78 is 41.9. The zero-order chi connectivity index (χ0) is 72.2. The van der Waals surface area contributed by atoms with Gasteiger partial charge in [-0.2, -0.15) is 13.2 Å². The third kappa shape index (κ3) is 20.3. The van der Waals surface area contributed by atoms with Gasteiger partial charge in [0.2, 0.25) is 70.9 Å². The van der Waals surface area contributed by atoms with E-state index in [0.717, 1.165) is 61.2 Å². The first kappa shape index (κ1) is 79.1. The van der Waals surface area contributed by atoms with Crippen molar-refractivity contribution in [3.05, 3.63) is 0 Å². The van der Waals surface area contributed by atoms with Gasteiger partial charge in [-0.05, 0) is 126 Å². The predicted octanol–water partition coefficient (Wildman–Crippen LogP) is 5.31. The Morgan fingerprint density at radius 1 is 0.551 bits per heavy atom. The van der Waals surface area contributed by atoms with Crippen LogP contribution in [-0.2, 0) is 57.5 Å². The fraction of sp³-hybridized carbons (Fsp3) is 0.829. The Hall–Kier alpha value is -6.28. The van der Waals surface area contributed by atoms with Crippen LogP contribution >= 0.6 is 11.6 Å². The SMILES string of the molecule is CC(C)C[C@H]1C(=O)N[C@@H](CC2CC2)C(=O)N(C)CC(=O)N(C)CC(=O)N(C)[C@@H](CC2CCCCC2)C(=O)N(C)CC(=O)N[C@@H](CCC2CCC(C(F)(F)F)C(Cl)C2)C(=O)N2CCC[C@H]2C(=O)NC2(CCCC2)C(=O)N(C)[C@@H](C(C)C)C(=O)N(C)[C@H](C(=O)N2CCCCC2)CC(=O)N1C. The van der Waals surface area contributed by atoms with Crippen molar-refractivity contribution in [1.29, 1.82) is 0 Å². The molecule has 28 heteroatoms. The molecule has 552 valence electrons. The van der Waals surface area contributed by atoms with Crippen LogP contribution in [0.25, 0.3) is 0 Å². The first-order chi connectivity index (χ1) is 46.1. The van der Waals surface area contributed by atoms with Crippen molar-refractivity contribution >= 4 is 82.5 Å². The lowest BCUT2D eigenvalue weighted by molar-refractivity contribution is -0.182. The number of alkyl halides is 4. The zero-order valence-electron chi connectivity index (χ0n) is 59.9. The molecule has 24 nitrogen and oxygen atoms in total. The Kier molecular flexibility index (Phi) is 28.1. The van der Waals surface area contributed by atoms with Gasteiger partial charge in [-0.1, -0.05) is 85.5 Å². The number of hydrogen-bond acceptors (Lipinski definition) is 12. The molecule has 3 unspecified atom stereocenters. The van der Waals surface area contributed by atoms with E-state index in [0.29, 0.717) is 45.2 Å². The summed E-state index contributed by atoms with van der Waals surface area (Å²) in [5.74, 6) is -10.2. The number of nitrogens with zero attached hydrogens (tertiary/aromatic N) is 9. The van der Waals surface area contributed by atoms with Crippen molar-refractivity contribution < 1.29 is 70.7 Å². The molecule has 0 bridgehead atoms. The summed E-state index contributed by atoms with van der Waals surface area (Å²) in [7, 11) is 9.99. The summed E-state index contributed by atoms with van der Waals surface area (Å²) >= 11 is 6.39. The topological polar surface area (TPSA) is 270 Å². The molecule has 7 aliphatic rings. The number of nitrogens with one attached hydrogen (secondary N) is 3. The Morgan fingerprint density at radius 2 is 1.14 bits per heavy atom. The van der Waals surface area contributed by atoms with Crippen LogP contribution in [0.1, 0.15) is 188 Å². The van der Waals surface area contributed by atoms with Gasteiger partial charge >= 0.3 is 6.18 Å². The largest absolute Gasteiger partial charge is 0.393 e. The van der Waals surface area contributed by atoms with Gasteiger partial charge in [0, 0.05) is 74.3 Å². The van der Waals surface area contributed by atoms with Gasteiger partial charge in [0.05, 0.1) is 32.0 Å². The lowest BCUT2D eigenvalue weighted by Gasteiger charge is -2.42. The van der Waals surface area contributed by atoms with E-state index in [9.17, 15) is 51.5 Å². The van der Waals surface area contributed by atoms with Crippen LogP contribution in [0.4, 0.5) is 13.2 Å². The minimum absolute atomic E-state index is 0.00115. The fourth-order valence-corrected chi connectivity index (χ4v) is 16.4. The molecule has 3 aliphatic heterocycles. The molecule has 10 atom stereocenters. The molecular formula is C70H112ClF3N12O12. The molecule has 0 aromatic carbocycles. The summed E-state index contributed by atoms with van der Waals surface area (Å²) in [6.45, 7) is 6.46. The molecule has 0 aromatic rings. The highest BCUT2D eigenvalue weighted by molar-refractivity contribution is 6.21. The highest BCUT2D eigenvalue weighted by atomic mass is 35.5. The standard InChI is InChI=1S/C70H112ClF3N12O12/c1-43(2)35-53-61(91)76-51(37-47-24-25-47)63(93)80(7)41-58(89)78(5)42-59(90)82(9)54(38-45-21-14-12-15-22-45)65(95)79(6)40-56(87)75-50(29-27-46-26-28-48(49(71)36-46)70(72,73)74)64(94)86-34-20-23-52(86)62(92)77-69(30-16-17-31-69)68(98)84(11)60(44(3)4)67(97)83(10)55(39-57(88)81(53)8)66(96)85-32-18-13-19-33-85/h43-55,60H,12-42H2,1-11H3,(H,75,87)(H,76,91)(H,77,92)/t46?,48?,49?,50-,51-,52-,53-,54-,55-,60-/m0/s1. The maximum atomic E-state index is 15.4. The summed E-state index contributed by atoms with van der Waals surface area (Å²) in [4.78, 5) is 189. The predicted molar refractivity (Wildman–Crippen MR) is 361 cm³/mol. The van der Waals surface area contributed by atoms with Crippen LogP contribution in [0.2, 0.25) is 0 Å². The van der Waals surface area contributed by atoms with Crippen LogP contribution in [-0.4, -0.2) is 263 Å². The smallest absolute Gasteiger partial charge is 0.343 e. The van der Waals surface area contributed by atoms with Gasteiger partial charge in [0.25, 0.3) is 0 Å². The molecule has 3 heterocycles. The Morgan fingerprint density at radius 3 is 1.74 bits per heavy atom. The minimum Gasteiger partial charge on any atom is -0.343 e. The van der Waals surface area contributed by atoms with Crippen molar-refractivity contribution in [3.63, 3.8) is 0 Å². The van der Waals surface area contributed by atoms with E-state index in [1.54, 1.807) is 18.7 Å². The first-order valence-corrected chi connectivity index (χ1v) is 36.6. The summed E-state index contributed by atoms with van der Waals surface area (Å²) in [5, 5.41) is 7.57. The molecule has 98 heavy (non-hydrogen) atoms. The van der Waals surface area contributed by atoms with Gasteiger partial charge in [-0.15, -0.1) is 11.6 Å². The van der Waals surface area contributed by atoms with Crippen molar-refractivity contribution in [1.82, 2.24) is 60.0 Å². The van der Waals surface area contributed by atoms with Crippen molar-refractivity contribution in [2.75, 3.05) is 88.6 Å². The number of hydrogen-bond donors (Lipinski definition) is 3. The van der Waals surface area contributed by atoms with Gasteiger partial charge in [-0.25, -0.2) is 0 Å². The molecular weight excluding hydrogens is 1290 g/mol. The number of carbonyl (C=O) groups excluding carboxylic acids is 12. The molecule has 12 amide bonds. The average molecular weight is 1410 g/mol. The van der Waals surface area contributed by atoms with Gasteiger partial charge in [0.1, 0.15) is 47.8 Å². The zero-order valence-corrected chi connectivity index (χ0v) is 60.7. The van der Waals surface area contributed by atoms with Crippen LogP contribution in [0.5, 0.6) is 0 Å². The van der Waals surface area contributed by atoms with Gasteiger partial charge < -0.3 is 60.0 Å². The molecule has 4 aliphatic carbocycles. The molecule has 0 aromatic heterocycles. The second kappa shape index (κ2) is 34.9. The molecule has 7 fully saturated rings. The number of fused-ring (bicyclic) bond motifs is 1. The van der Waals surface area contributed by atoms with Crippen molar-refractivity contribution in [2.24, 2.45) is 35.5 Å². The number of likely N-dealkylation sites (N-methyl/N-ethyl adjacent to an activating group) is 7. The number of likely N-dealkylation sites (tertiary alicyclic amines) is 1. The van der Waals surface area contributed by atoms with E-state index in [4.69, 9.17) is 11.6 Å². The number of carbonyl (C=O) groups is 12. The number of piperidine rings is 1. The molecule has 0 radical (unpaired) electrons. The van der Waals surface area contributed by atoms with Crippen molar-refractivity contribution in [2.45, 2.75) is 248 Å². The highest BCUT2D eigenvalue weighted by Crippen LogP contribution is 2.44. The lowest BCUT2D eigenvalue weighted by Crippen LogP contribution is -2.65. The maximum Gasteiger partial charge on any atom is 0.393 e.